The van der Waals surface area contributed by atoms with Crippen LogP contribution in [0.2, 0.25) is 0 Å². The van der Waals surface area contributed by atoms with Crippen molar-refractivity contribution in [2.45, 2.75) is 133 Å². The molecule has 10 N–H and O–H groups in total. The van der Waals surface area contributed by atoms with Crippen LogP contribution in [0.1, 0.15) is 95.1 Å². The first-order valence-electron chi connectivity index (χ1n) is 23.3. The molecule has 1 aliphatic heterocycles. The lowest BCUT2D eigenvalue weighted by atomic mass is 9.84. The predicted molar refractivity (Wildman–Crippen MR) is 256 cm³/mol. The van der Waals surface area contributed by atoms with Crippen molar-refractivity contribution in [3.63, 3.8) is 0 Å². The molecule has 3 aromatic rings. The Morgan fingerprint density at radius 1 is 0.758 bits per heavy atom. The van der Waals surface area contributed by atoms with Gasteiger partial charge in [-0.15, -0.1) is 11.3 Å². The van der Waals surface area contributed by atoms with Crippen molar-refractivity contribution in [1.82, 2.24) is 36.8 Å². The molecule has 0 spiro atoms. The molecule has 1 saturated heterocycles. The summed E-state index contributed by atoms with van der Waals surface area (Å²) in [7, 11) is 1.75. The van der Waals surface area contributed by atoms with Crippen LogP contribution in [0.3, 0.4) is 0 Å². The van der Waals surface area contributed by atoms with Gasteiger partial charge < -0.3 is 53.1 Å². The molecule has 2 aliphatic rings. The average Bonchev–Trinajstić information content (AvgIpc) is 3.97. The number of benzene rings is 2. The summed E-state index contributed by atoms with van der Waals surface area (Å²) in [6.45, 7) is 1.94. The van der Waals surface area contributed by atoms with Crippen molar-refractivity contribution in [2.24, 2.45) is 22.4 Å². The molecule has 2 fully saturated rings. The Morgan fingerprint density at radius 2 is 1.41 bits per heavy atom. The summed E-state index contributed by atoms with van der Waals surface area (Å²) in [5.74, 6) is -2.41. The SMILES string of the molecule is CN[C@H](CC1CCCCC1)C(=O)NC(Cc1csc2ccccc12)C(=O)NC(CCCN=C(N)N)C(=O)NCCC[C@H](NC(=O)[C@H](Cc1ccccc1)NC(C)=O)C(=O)N1CCCC1C=O. The monoisotopic (exact) mass is 928 g/mol. The van der Waals surface area contributed by atoms with Gasteiger partial charge >= 0.3 is 0 Å². The smallest absolute Gasteiger partial charge is 0.245 e. The van der Waals surface area contributed by atoms with Crippen molar-refractivity contribution in [1.29, 1.82) is 0 Å². The first-order valence-corrected chi connectivity index (χ1v) is 24.2. The minimum Gasteiger partial charge on any atom is -0.370 e. The number of amides is 6. The summed E-state index contributed by atoms with van der Waals surface area (Å²) in [5.41, 5.74) is 12.8. The highest BCUT2D eigenvalue weighted by atomic mass is 32.1. The van der Waals surface area contributed by atoms with Crippen LogP contribution in [0.15, 0.2) is 65.0 Å². The lowest BCUT2D eigenvalue weighted by Crippen LogP contribution is -2.57. The Bertz CT molecular complexity index is 2120. The maximum absolute atomic E-state index is 14.4. The summed E-state index contributed by atoms with van der Waals surface area (Å²) in [5, 5.41) is 20.5. The van der Waals surface area contributed by atoms with Gasteiger partial charge in [-0.25, -0.2) is 0 Å². The molecule has 6 atom stereocenters. The zero-order valence-electron chi connectivity index (χ0n) is 38.2. The lowest BCUT2D eigenvalue weighted by molar-refractivity contribution is -0.139. The van der Waals surface area contributed by atoms with Crippen LogP contribution >= 0.6 is 11.3 Å². The Balaban J connectivity index is 1.29. The third-order valence-electron chi connectivity index (χ3n) is 12.5. The summed E-state index contributed by atoms with van der Waals surface area (Å²) in [4.78, 5) is 99.6. The fourth-order valence-electron chi connectivity index (χ4n) is 8.93. The van der Waals surface area contributed by atoms with Crippen molar-refractivity contribution in [3.05, 3.63) is 71.1 Å². The van der Waals surface area contributed by atoms with Crippen LogP contribution in [-0.2, 0) is 46.4 Å². The summed E-state index contributed by atoms with van der Waals surface area (Å²) in [6.07, 6.45) is 9.35. The van der Waals surface area contributed by atoms with Gasteiger partial charge in [0, 0.05) is 44.1 Å². The van der Waals surface area contributed by atoms with Crippen molar-refractivity contribution in [2.75, 3.05) is 26.7 Å². The topological polar surface area (TPSA) is 259 Å². The molecule has 0 radical (unpaired) electrons. The number of nitrogens with two attached hydrogens (primary N) is 2. The molecule has 1 aliphatic carbocycles. The highest BCUT2D eigenvalue weighted by Crippen LogP contribution is 2.29. The molecule has 3 unspecified atom stereocenters. The van der Waals surface area contributed by atoms with Crippen LogP contribution in [0.4, 0.5) is 0 Å². The van der Waals surface area contributed by atoms with Gasteiger partial charge in [0.05, 0.1) is 12.1 Å². The maximum Gasteiger partial charge on any atom is 0.245 e. The van der Waals surface area contributed by atoms with E-state index in [9.17, 15) is 33.6 Å². The van der Waals surface area contributed by atoms with Gasteiger partial charge in [0.1, 0.15) is 30.5 Å². The van der Waals surface area contributed by atoms with E-state index in [-0.39, 0.29) is 57.1 Å². The number of hydrogen-bond donors (Lipinski definition) is 8. The number of thiophene rings is 1. The molecule has 5 rings (SSSR count). The Morgan fingerprint density at radius 3 is 2.11 bits per heavy atom. The first-order chi connectivity index (χ1) is 31.9. The zero-order chi connectivity index (χ0) is 47.4. The van der Waals surface area contributed by atoms with Crippen molar-refractivity contribution in [3.8, 4) is 0 Å². The molecule has 2 aromatic carbocycles. The molecule has 66 heavy (non-hydrogen) atoms. The van der Waals surface area contributed by atoms with Gasteiger partial charge in [0.15, 0.2) is 5.96 Å². The summed E-state index contributed by atoms with van der Waals surface area (Å²) in [6, 6.07) is 11.8. The predicted octanol–water partition coefficient (Wildman–Crippen LogP) is 2.34. The minimum atomic E-state index is -1.06. The number of likely N-dealkylation sites (N-methyl/N-ethyl adjacent to an activating group) is 1. The number of nitrogens with one attached hydrogen (secondary N) is 6. The fraction of sp³-hybridized carbons (Fsp3) is 0.542. The van der Waals surface area contributed by atoms with E-state index in [0.717, 1.165) is 53.2 Å². The molecular weight excluding hydrogens is 861 g/mol. The summed E-state index contributed by atoms with van der Waals surface area (Å²) < 4.78 is 1.05. The number of guanidine groups is 1. The van der Waals surface area contributed by atoms with Crippen LogP contribution in [0.5, 0.6) is 0 Å². The van der Waals surface area contributed by atoms with E-state index in [1.165, 1.54) is 18.2 Å². The second-order valence-electron chi connectivity index (χ2n) is 17.4. The van der Waals surface area contributed by atoms with Gasteiger partial charge in [-0.05, 0) is 85.9 Å². The zero-order valence-corrected chi connectivity index (χ0v) is 39.0. The second-order valence-corrected chi connectivity index (χ2v) is 18.3. The first kappa shape index (κ1) is 51.1. The molecule has 6 amide bonds. The minimum absolute atomic E-state index is 0.0705. The second kappa shape index (κ2) is 26.3. The number of likely N-dealkylation sites (tertiary alicyclic amines) is 1. The van der Waals surface area contributed by atoms with Crippen LogP contribution in [0.25, 0.3) is 10.1 Å². The van der Waals surface area contributed by atoms with E-state index in [4.69, 9.17) is 11.5 Å². The number of carbonyl (C=O) groups excluding carboxylic acids is 7. The Hall–Kier alpha value is -5.88. The number of carbonyl (C=O) groups is 7. The van der Waals surface area contributed by atoms with Gasteiger partial charge in [0.2, 0.25) is 35.4 Å². The molecule has 358 valence electrons. The van der Waals surface area contributed by atoms with Crippen LogP contribution in [-0.4, -0.2) is 116 Å². The van der Waals surface area contributed by atoms with E-state index in [1.807, 2.05) is 60.0 Å². The standard InChI is InChI=1S/C48H68N10O7S/c1-31(60)54-40(27-33-16-7-4-8-17-33)45(63)56-38(47(65)58-25-13-18-35(58)29-59)21-12-23-52-43(61)37(20-11-24-53-48(49)50)55-46(64)41(28-34-30-66-42-22-10-9-19-36(34)42)57-44(62)39(51-2)26-32-14-5-3-6-15-32/h4,7-10,16-17,19,22,29-30,32,35,37-41,51H,3,5-6,11-15,18,20-21,23-28H2,1-2H3,(H,52,61)(H,54,60)(H,55,64)(H,56,63)(H,57,62)(H4,49,50,53)/t35?,37?,38-,39+,40-,41?/m0/s1. The van der Waals surface area contributed by atoms with Gasteiger partial charge in [-0.1, -0.05) is 80.6 Å². The van der Waals surface area contributed by atoms with E-state index < -0.39 is 65.8 Å². The third-order valence-corrected chi connectivity index (χ3v) is 13.5. The number of fused-ring (bicyclic) bond motifs is 1. The Labute approximate surface area is 391 Å². The highest BCUT2D eigenvalue weighted by molar-refractivity contribution is 7.17. The number of nitrogens with zero attached hydrogens (tertiary/aromatic N) is 2. The fourth-order valence-corrected chi connectivity index (χ4v) is 9.91. The van der Waals surface area contributed by atoms with Crippen molar-refractivity contribution < 1.29 is 33.6 Å². The van der Waals surface area contributed by atoms with E-state index in [0.29, 0.717) is 38.1 Å². The lowest BCUT2D eigenvalue weighted by Gasteiger charge is -2.29. The number of rotatable bonds is 25. The normalized spacial score (nSPS) is 17.4. The molecule has 17 nitrogen and oxygen atoms in total. The molecular formula is C48H68N10O7S. The molecule has 0 bridgehead atoms. The average molecular weight is 929 g/mol. The van der Waals surface area contributed by atoms with E-state index >= 15 is 0 Å². The van der Waals surface area contributed by atoms with Gasteiger partial charge in [0.25, 0.3) is 0 Å². The molecule has 18 heteroatoms. The van der Waals surface area contributed by atoms with E-state index in [1.54, 1.807) is 18.4 Å². The third kappa shape index (κ3) is 15.6. The van der Waals surface area contributed by atoms with Gasteiger partial charge in [-0.2, -0.15) is 0 Å². The molecule has 1 saturated carbocycles. The van der Waals surface area contributed by atoms with Gasteiger partial charge in [-0.3, -0.25) is 33.8 Å². The molecule has 2 heterocycles. The number of aliphatic imine (C=N–C) groups is 1. The Kier molecular flexibility index (Phi) is 20.4. The number of hydrogen-bond acceptors (Lipinski definition) is 10. The largest absolute Gasteiger partial charge is 0.370 e. The quantitative estimate of drug-likeness (QED) is 0.0266. The number of aldehydes is 1. The molecule has 1 aromatic heterocycles. The highest BCUT2D eigenvalue weighted by Gasteiger charge is 2.35. The summed E-state index contributed by atoms with van der Waals surface area (Å²) >= 11 is 1.55. The van der Waals surface area contributed by atoms with Crippen molar-refractivity contribution >= 4 is 69.1 Å². The van der Waals surface area contributed by atoms with Crippen LogP contribution < -0.4 is 43.4 Å². The maximum atomic E-state index is 14.4. The van der Waals surface area contributed by atoms with Crippen LogP contribution in [0, 0.1) is 5.92 Å². The van der Waals surface area contributed by atoms with E-state index in [2.05, 4.69) is 36.9 Å².